The lowest BCUT2D eigenvalue weighted by Gasteiger charge is -2.37. The van der Waals surface area contributed by atoms with Crippen molar-refractivity contribution in [1.82, 2.24) is 0 Å². The Morgan fingerprint density at radius 3 is 2.67 bits per heavy atom. The van der Waals surface area contributed by atoms with Gasteiger partial charge in [0.25, 0.3) is 0 Å². The first-order valence-corrected chi connectivity index (χ1v) is 7.34. The molecule has 0 aliphatic heterocycles. The fourth-order valence-corrected chi connectivity index (χ4v) is 2.92. The summed E-state index contributed by atoms with van der Waals surface area (Å²) in [7, 11) is 0. The summed E-state index contributed by atoms with van der Waals surface area (Å²) in [5, 5.41) is 8.57. The molecular weight excluding hydrogens is 228 g/mol. The van der Waals surface area contributed by atoms with Gasteiger partial charge >= 0.3 is 5.97 Å². The van der Waals surface area contributed by atoms with E-state index in [2.05, 4.69) is 20.8 Å². The second-order valence-corrected chi connectivity index (χ2v) is 6.09. The van der Waals surface area contributed by atoms with E-state index in [9.17, 15) is 4.79 Å². The molecule has 1 rings (SSSR count). The monoisotopic (exact) mass is 256 g/mol. The Morgan fingerprint density at radius 2 is 2.06 bits per heavy atom. The number of carboxylic acids is 1. The molecule has 0 saturated heterocycles. The number of ether oxygens (including phenoxy) is 1. The molecule has 3 heteroatoms. The Kier molecular flexibility index (Phi) is 6.69. The normalized spacial score (nSPS) is 28.6. The van der Waals surface area contributed by atoms with Crippen LogP contribution in [0.15, 0.2) is 0 Å². The molecule has 1 N–H and O–H groups in total. The summed E-state index contributed by atoms with van der Waals surface area (Å²) < 4.78 is 6.02. The highest BCUT2D eigenvalue weighted by Gasteiger charge is 2.31. The number of hydrogen-bond donors (Lipinski definition) is 1. The summed E-state index contributed by atoms with van der Waals surface area (Å²) in [4.78, 5) is 10.4. The molecule has 1 saturated carbocycles. The van der Waals surface area contributed by atoms with Crippen molar-refractivity contribution in [1.29, 1.82) is 0 Å². The highest BCUT2D eigenvalue weighted by molar-refractivity contribution is 5.66. The highest BCUT2D eigenvalue weighted by atomic mass is 16.5. The number of rotatable bonds is 7. The van der Waals surface area contributed by atoms with Crippen molar-refractivity contribution in [2.24, 2.45) is 17.8 Å². The van der Waals surface area contributed by atoms with Crippen LogP contribution < -0.4 is 0 Å². The van der Waals surface area contributed by atoms with Crippen molar-refractivity contribution in [2.75, 3.05) is 6.61 Å². The average Bonchev–Trinajstić information content (AvgIpc) is 2.27. The van der Waals surface area contributed by atoms with E-state index in [1.165, 1.54) is 19.3 Å². The third-order valence-electron chi connectivity index (χ3n) is 4.08. The Labute approximate surface area is 111 Å². The summed E-state index contributed by atoms with van der Waals surface area (Å²) in [5.74, 6) is 1.42. The van der Waals surface area contributed by atoms with Crippen LogP contribution in [0, 0.1) is 17.8 Å². The predicted octanol–water partition coefficient (Wildman–Crippen LogP) is 3.72. The van der Waals surface area contributed by atoms with Gasteiger partial charge in [0.15, 0.2) is 0 Å². The van der Waals surface area contributed by atoms with Crippen LogP contribution in [0.4, 0.5) is 0 Å². The molecule has 0 amide bonds. The molecule has 1 fully saturated rings. The van der Waals surface area contributed by atoms with Gasteiger partial charge < -0.3 is 9.84 Å². The van der Waals surface area contributed by atoms with Crippen LogP contribution >= 0.6 is 0 Å². The molecule has 3 atom stereocenters. The number of unbranched alkanes of at least 4 members (excludes halogenated alkanes) is 1. The van der Waals surface area contributed by atoms with Crippen LogP contribution in [0.1, 0.15) is 59.3 Å². The molecule has 0 aromatic heterocycles. The molecule has 0 radical (unpaired) electrons. The number of carbonyl (C=O) groups is 1. The summed E-state index contributed by atoms with van der Waals surface area (Å²) >= 11 is 0. The van der Waals surface area contributed by atoms with Gasteiger partial charge in [-0.1, -0.05) is 27.2 Å². The van der Waals surface area contributed by atoms with Gasteiger partial charge in [0.05, 0.1) is 6.10 Å². The predicted molar refractivity (Wildman–Crippen MR) is 72.6 cm³/mol. The second-order valence-electron chi connectivity index (χ2n) is 6.09. The van der Waals surface area contributed by atoms with Crippen LogP contribution in [0.3, 0.4) is 0 Å². The van der Waals surface area contributed by atoms with Gasteiger partial charge in [-0.05, 0) is 43.4 Å². The first-order chi connectivity index (χ1) is 8.50. The highest BCUT2D eigenvalue weighted by Crippen LogP contribution is 2.35. The number of aliphatic carboxylic acids is 1. The standard InChI is InChI=1S/C15H28O3/c1-11(2)13-8-7-12(3)10-14(13)18-9-5-4-6-15(16)17/h11-14H,4-10H2,1-3H3,(H,16,17). The van der Waals surface area contributed by atoms with Gasteiger partial charge in [-0.25, -0.2) is 0 Å². The van der Waals surface area contributed by atoms with E-state index >= 15 is 0 Å². The average molecular weight is 256 g/mol. The topological polar surface area (TPSA) is 46.5 Å². The molecule has 0 aromatic carbocycles. The summed E-state index contributed by atoms with van der Waals surface area (Å²) in [6, 6.07) is 0. The van der Waals surface area contributed by atoms with Gasteiger partial charge in [0.2, 0.25) is 0 Å². The molecule has 3 unspecified atom stereocenters. The van der Waals surface area contributed by atoms with Gasteiger partial charge in [-0.15, -0.1) is 0 Å². The van der Waals surface area contributed by atoms with E-state index in [4.69, 9.17) is 9.84 Å². The second kappa shape index (κ2) is 7.78. The SMILES string of the molecule is CC1CCC(C(C)C)C(OCCCCC(=O)O)C1. The maximum atomic E-state index is 10.4. The first kappa shape index (κ1) is 15.5. The molecular formula is C15H28O3. The van der Waals surface area contributed by atoms with Gasteiger partial charge in [0, 0.05) is 13.0 Å². The van der Waals surface area contributed by atoms with E-state index in [-0.39, 0.29) is 6.42 Å². The van der Waals surface area contributed by atoms with E-state index in [1.807, 2.05) is 0 Å². The summed E-state index contributed by atoms with van der Waals surface area (Å²) in [6.07, 6.45) is 6.00. The fourth-order valence-electron chi connectivity index (χ4n) is 2.92. The molecule has 0 bridgehead atoms. The minimum Gasteiger partial charge on any atom is -0.481 e. The van der Waals surface area contributed by atoms with Crippen LogP contribution in [-0.4, -0.2) is 23.8 Å². The Bertz CT molecular complexity index is 250. The molecule has 3 nitrogen and oxygen atoms in total. The Balaban J connectivity index is 2.26. The molecule has 18 heavy (non-hydrogen) atoms. The van der Waals surface area contributed by atoms with Crippen molar-refractivity contribution in [3.05, 3.63) is 0 Å². The quantitative estimate of drug-likeness (QED) is 0.706. The third kappa shape index (κ3) is 5.38. The fraction of sp³-hybridized carbons (Fsp3) is 0.933. The lowest BCUT2D eigenvalue weighted by atomic mass is 9.75. The minimum absolute atomic E-state index is 0.262. The minimum atomic E-state index is -0.707. The van der Waals surface area contributed by atoms with Crippen LogP contribution in [-0.2, 0) is 9.53 Å². The summed E-state index contributed by atoms with van der Waals surface area (Å²) in [5.41, 5.74) is 0. The van der Waals surface area contributed by atoms with E-state index < -0.39 is 5.97 Å². The zero-order valence-corrected chi connectivity index (χ0v) is 12.0. The molecule has 106 valence electrons. The van der Waals surface area contributed by atoms with Crippen molar-refractivity contribution in [3.63, 3.8) is 0 Å². The molecule has 0 spiro atoms. The Hall–Kier alpha value is -0.570. The van der Waals surface area contributed by atoms with E-state index in [0.29, 0.717) is 24.5 Å². The third-order valence-corrected chi connectivity index (χ3v) is 4.08. The van der Waals surface area contributed by atoms with Crippen LogP contribution in [0.5, 0.6) is 0 Å². The molecule has 0 heterocycles. The van der Waals surface area contributed by atoms with Crippen molar-refractivity contribution in [3.8, 4) is 0 Å². The maximum absolute atomic E-state index is 10.4. The molecule has 1 aliphatic rings. The van der Waals surface area contributed by atoms with E-state index in [0.717, 1.165) is 18.8 Å². The van der Waals surface area contributed by atoms with Crippen molar-refractivity contribution >= 4 is 5.97 Å². The summed E-state index contributed by atoms with van der Waals surface area (Å²) in [6.45, 7) is 7.58. The van der Waals surface area contributed by atoms with Crippen molar-refractivity contribution < 1.29 is 14.6 Å². The molecule has 1 aliphatic carbocycles. The van der Waals surface area contributed by atoms with Crippen molar-refractivity contribution in [2.45, 2.75) is 65.4 Å². The van der Waals surface area contributed by atoms with Gasteiger partial charge in [-0.3, -0.25) is 4.79 Å². The smallest absolute Gasteiger partial charge is 0.303 e. The maximum Gasteiger partial charge on any atom is 0.303 e. The lowest BCUT2D eigenvalue weighted by molar-refractivity contribution is -0.137. The van der Waals surface area contributed by atoms with E-state index in [1.54, 1.807) is 0 Å². The van der Waals surface area contributed by atoms with Crippen LogP contribution in [0.25, 0.3) is 0 Å². The number of carboxylic acid groups (broad SMARTS) is 1. The zero-order valence-electron chi connectivity index (χ0n) is 12.0. The largest absolute Gasteiger partial charge is 0.481 e. The van der Waals surface area contributed by atoms with Gasteiger partial charge in [0.1, 0.15) is 0 Å². The lowest BCUT2D eigenvalue weighted by Crippen LogP contribution is -2.34. The number of hydrogen-bond acceptors (Lipinski definition) is 2. The zero-order chi connectivity index (χ0) is 13.5. The Morgan fingerprint density at radius 1 is 1.33 bits per heavy atom. The van der Waals surface area contributed by atoms with Crippen LogP contribution in [0.2, 0.25) is 0 Å². The van der Waals surface area contributed by atoms with Gasteiger partial charge in [-0.2, -0.15) is 0 Å². The molecule has 0 aromatic rings. The first-order valence-electron chi connectivity index (χ1n) is 7.34.